The van der Waals surface area contributed by atoms with Crippen LogP contribution < -0.4 is 5.32 Å². The van der Waals surface area contributed by atoms with Gasteiger partial charge < -0.3 is 14.8 Å². The number of carbonyl (C=O) groups is 1. The van der Waals surface area contributed by atoms with Crippen molar-refractivity contribution in [2.24, 2.45) is 0 Å². The van der Waals surface area contributed by atoms with E-state index >= 15 is 0 Å². The molecule has 0 unspecified atom stereocenters. The Morgan fingerprint density at radius 2 is 2.12 bits per heavy atom. The number of aromatic nitrogens is 1. The highest BCUT2D eigenvalue weighted by molar-refractivity contribution is 7.13. The maximum atomic E-state index is 12.9. The molecule has 0 aliphatic rings. The molecule has 0 bridgehead atoms. The summed E-state index contributed by atoms with van der Waals surface area (Å²) in [5, 5.41) is 3.25. The van der Waals surface area contributed by atoms with E-state index in [1.807, 2.05) is 5.32 Å². The third kappa shape index (κ3) is 2.50. The van der Waals surface area contributed by atoms with Gasteiger partial charge in [-0.25, -0.2) is 9.78 Å². The number of thiazole rings is 1. The second-order valence-corrected chi connectivity index (χ2v) is 3.73. The van der Waals surface area contributed by atoms with Crippen LogP contribution in [0.15, 0.2) is 11.6 Å². The van der Waals surface area contributed by atoms with E-state index in [0.29, 0.717) is 0 Å². The first-order valence-electron chi connectivity index (χ1n) is 4.25. The van der Waals surface area contributed by atoms with E-state index in [2.05, 4.69) is 14.5 Å². The van der Waals surface area contributed by atoms with Crippen LogP contribution in [-0.2, 0) is 14.3 Å². The first kappa shape index (κ1) is 13.7. The van der Waals surface area contributed by atoms with Crippen LogP contribution in [0.3, 0.4) is 0 Å². The van der Waals surface area contributed by atoms with Gasteiger partial charge in [-0.15, -0.1) is 11.3 Å². The maximum Gasteiger partial charge on any atom is 0.448 e. The summed E-state index contributed by atoms with van der Waals surface area (Å²) in [6, 6.07) is 0. The van der Waals surface area contributed by atoms with Crippen LogP contribution >= 0.6 is 11.3 Å². The molecule has 0 aliphatic heterocycles. The van der Waals surface area contributed by atoms with Crippen LogP contribution in [0.4, 0.5) is 18.3 Å². The topological polar surface area (TPSA) is 60.5 Å². The Morgan fingerprint density at radius 3 is 2.47 bits per heavy atom. The molecule has 1 aromatic heterocycles. The van der Waals surface area contributed by atoms with Crippen molar-refractivity contribution in [1.29, 1.82) is 0 Å². The Labute approximate surface area is 98.6 Å². The summed E-state index contributed by atoms with van der Waals surface area (Å²) in [5.74, 6) is -1.59. The lowest BCUT2D eigenvalue weighted by Crippen LogP contribution is -2.60. The first-order valence-corrected chi connectivity index (χ1v) is 5.13. The maximum absolute atomic E-state index is 12.9. The SMILES string of the molecule is COC(=O)[C@@](Nc1nccs1)(OC)C(F)(F)F. The molecule has 1 aromatic rings. The molecule has 0 spiro atoms. The minimum Gasteiger partial charge on any atom is -0.465 e. The number of esters is 1. The van der Waals surface area contributed by atoms with Gasteiger partial charge in [0.2, 0.25) is 0 Å². The number of rotatable bonds is 4. The van der Waals surface area contributed by atoms with Crippen molar-refractivity contribution in [2.75, 3.05) is 19.5 Å². The van der Waals surface area contributed by atoms with Crippen LogP contribution in [0, 0.1) is 0 Å². The Kier molecular flexibility index (Phi) is 3.94. The number of hydrogen-bond donors (Lipinski definition) is 1. The second kappa shape index (κ2) is 4.88. The molecule has 1 rings (SSSR count). The zero-order valence-corrected chi connectivity index (χ0v) is 9.69. The Morgan fingerprint density at radius 1 is 1.47 bits per heavy atom. The van der Waals surface area contributed by atoms with Crippen LogP contribution in [0.25, 0.3) is 0 Å². The van der Waals surface area contributed by atoms with Crippen molar-refractivity contribution in [3.05, 3.63) is 11.6 Å². The Hall–Kier alpha value is -1.35. The molecule has 5 nitrogen and oxygen atoms in total. The summed E-state index contributed by atoms with van der Waals surface area (Å²) < 4.78 is 47.1. The van der Waals surface area contributed by atoms with Gasteiger partial charge in [-0.05, 0) is 0 Å². The fraction of sp³-hybridized carbons (Fsp3) is 0.500. The molecule has 96 valence electrons. The first-order chi connectivity index (χ1) is 7.87. The molecular formula is C8H9F3N2O3S. The lowest BCUT2D eigenvalue weighted by molar-refractivity contribution is -0.259. The van der Waals surface area contributed by atoms with Gasteiger partial charge in [0.1, 0.15) is 0 Å². The highest BCUT2D eigenvalue weighted by Gasteiger charge is 2.63. The van der Waals surface area contributed by atoms with E-state index < -0.39 is 17.9 Å². The molecule has 9 heteroatoms. The summed E-state index contributed by atoms with van der Waals surface area (Å²) in [5.41, 5.74) is -3.25. The number of halogens is 3. The Bertz CT molecular complexity index is 382. The van der Waals surface area contributed by atoms with Gasteiger partial charge in [-0.3, -0.25) is 0 Å². The van der Waals surface area contributed by atoms with E-state index in [-0.39, 0.29) is 5.13 Å². The summed E-state index contributed by atoms with van der Waals surface area (Å²) in [4.78, 5) is 14.9. The van der Waals surface area contributed by atoms with Crippen LogP contribution in [0.1, 0.15) is 0 Å². The molecule has 0 amide bonds. The van der Waals surface area contributed by atoms with Gasteiger partial charge in [0.25, 0.3) is 0 Å². The quantitative estimate of drug-likeness (QED) is 0.665. The molecule has 0 fully saturated rings. The minimum atomic E-state index is -4.99. The summed E-state index contributed by atoms with van der Waals surface area (Å²) in [6.45, 7) is 0. The zero-order chi connectivity index (χ0) is 13.1. The fourth-order valence-electron chi connectivity index (χ4n) is 1.07. The third-order valence-electron chi connectivity index (χ3n) is 1.89. The largest absolute Gasteiger partial charge is 0.465 e. The van der Waals surface area contributed by atoms with Crippen molar-refractivity contribution in [3.8, 4) is 0 Å². The van der Waals surface area contributed by atoms with Crippen molar-refractivity contribution >= 4 is 22.4 Å². The van der Waals surface area contributed by atoms with E-state index in [9.17, 15) is 18.0 Å². The molecule has 0 saturated heterocycles. The van der Waals surface area contributed by atoms with Gasteiger partial charge in [0, 0.05) is 18.7 Å². The van der Waals surface area contributed by atoms with Crippen LogP contribution in [-0.4, -0.2) is 37.1 Å². The number of ether oxygens (including phenoxy) is 2. The second-order valence-electron chi connectivity index (χ2n) is 2.84. The number of alkyl halides is 3. The van der Waals surface area contributed by atoms with Gasteiger partial charge in [-0.2, -0.15) is 13.2 Å². The highest BCUT2D eigenvalue weighted by atomic mass is 32.1. The van der Waals surface area contributed by atoms with E-state index in [0.717, 1.165) is 25.6 Å². The van der Waals surface area contributed by atoms with E-state index in [1.165, 1.54) is 11.6 Å². The minimum absolute atomic E-state index is 0.102. The molecule has 17 heavy (non-hydrogen) atoms. The standard InChI is InChI=1S/C8H9F3N2O3S/c1-15-5(14)7(16-2,8(9,10)11)13-6-12-3-4-17-6/h3-4H,1-2H3,(H,12,13)/t7-/m1/s1. The van der Waals surface area contributed by atoms with Crippen molar-refractivity contribution < 1.29 is 27.4 Å². The fourth-order valence-corrected chi connectivity index (χ4v) is 1.64. The monoisotopic (exact) mass is 270 g/mol. The molecule has 1 atom stereocenters. The van der Waals surface area contributed by atoms with Crippen molar-refractivity contribution in [3.63, 3.8) is 0 Å². The lowest BCUT2D eigenvalue weighted by atomic mass is 10.2. The average Bonchev–Trinajstić information content (AvgIpc) is 2.75. The molecule has 0 radical (unpaired) electrons. The predicted octanol–water partition coefficient (Wildman–Crippen LogP) is 1.63. The molecule has 0 aliphatic carbocycles. The molecule has 0 saturated carbocycles. The number of hydrogen-bond acceptors (Lipinski definition) is 6. The van der Waals surface area contributed by atoms with Gasteiger partial charge in [0.15, 0.2) is 5.13 Å². The zero-order valence-electron chi connectivity index (χ0n) is 8.87. The smallest absolute Gasteiger partial charge is 0.448 e. The van der Waals surface area contributed by atoms with Gasteiger partial charge >= 0.3 is 17.9 Å². The normalized spacial score (nSPS) is 15.1. The van der Waals surface area contributed by atoms with E-state index in [4.69, 9.17) is 0 Å². The average molecular weight is 270 g/mol. The van der Waals surface area contributed by atoms with Crippen LogP contribution in [0.2, 0.25) is 0 Å². The molecule has 1 N–H and O–H groups in total. The van der Waals surface area contributed by atoms with E-state index in [1.54, 1.807) is 0 Å². The summed E-state index contributed by atoms with van der Waals surface area (Å²) in [7, 11) is 1.59. The summed E-state index contributed by atoms with van der Waals surface area (Å²) in [6.07, 6.45) is -3.69. The van der Waals surface area contributed by atoms with Gasteiger partial charge in [-0.1, -0.05) is 0 Å². The number of nitrogens with zero attached hydrogens (tertiary/aromatic N) is 1. The molecular weight excluding hydrogens is 261 g/mol. The third-order valence-corrected chi connectivity index (χ3v) is 2.58. The number of methoxy groups -OCH3 is 2. The summed E-state index contributed by atoms with van der Waals surface area (Å²) >= 11 is 0.899. The van der Waals surface area contributed by atoms with Crippen molar-refractivity contribution in [2.45, 2.75) is 11.9 Å². The molecule has 0 aromatic carbocycles. The van der Waals surface area contributed by atoms with Crippen LogP contribution in [0.5, 0.6) is 0 Å². The number of carbonyl (C=O) groups excluding carboxylic acids is 1. The predicted molar refractivity (Wildman–Crippen MR) is 53.5 cm³/mol. The van der Waals surface area contributed by atoms with Crippen molar-refractivity contribution in [1.82, 2.24) is 4.98 Å². The number of nitrogens with one attached hydrogen (secondary N) is 1. The Balaban J connectivity index is 3.12. The lowest BCUT2D eigenvalue weighted by Gasteiger charge is -2.31. The number of anilines is 1. The highest BCUT2D eigenvalue weighted by Crippen LogP contribution is 2.35. The molecule has 1 heterocycles. The van der Waals surface area contributed by atoms with Gasteiger partial charge in [0.05, 0.1) is 7.11 Å².